The number of benzene rings is 2. The summed E-state index contributed by atoms with van der Waals surface area (Å²) in [5.74, 6) is -1.65. The van der Waals surface area contributed by atoms with Crippen molar-refractivity contribution in [2.45, 2.75) is 6.36 Å². The molecular formula is C14H9ClF3NO2. The van der Waals surface area contributed by atoms with Crippen LogP contribution in [-0.2, 0) is 0 Å². The third-order valence-corrected chi connectivity index (χ3v) is 2.87. The molecule has 0 saturated carbocycles. The molecule has 0 atom stereocenters. The van der Waals surface area contributed by atoms with E-state index in [-0.39, 0.29) is 5.56 Å². The van der Waals surface area contributed by atoms with Crippen molar-refractivity contribution < 1.29 is 22.7 Å². The number of rotatable bonds is 3. The van der Waals surface area contributed by atoms with Crippen molar-refractivity contribution in [3.8, 4) is 16.9 Å². The van der Waals surface area contributed by atoms with E-state index in [1.54, 1.807) is 24.3 Å². The van der Waals surface area contributed by atoms with Gasteiger partial charge in [-0.15, -0.1) is 13.2 Å². The van der Waals surface area contributed by atoms with Crippen molar-refractivity contribution in [1.29, 1.82) is 0 Å². The van der Waals surface area contributed by atoms with Gasteiger partial charge in [-0.2, -0.15) is 0 Å². The topological polar surface area (TPSA) is 52.3 Å². The standard InChI is InChI=1S/C14H9ClF3NO2/c15-10-3-1-2-8(6-10)9-4-5-11(13(19)20)12(7-9)21-14(16,17)18/h1-7H,(H2,19,20). The summed E-state index contributed by atoms with van der Waals surface area (Å²) in [5, 5.41) is 0.435. The van der Waals surface area contributed by atoms with Crippen molar-refractivity contribution in [2.24, 2.45) is 5.73 Å². The Morgan fingerprint density at radius 3 is 2.33 bits per heavy atom. The molecule has 0 heterocycles. The third kappa shape index (κ3) is 3.88. The van der Waals surface area contributed by atoms with Crippen LogP contribution in [0.1, 0.15) is 10.4 Å². The number of halogens is 4. The summed E-state index contributed by atoms with van der Waals surface area (Å²) in [6.45, 7) is 0. The third-order valence-electron chi connectivity index (χ3n) is 2.63. The van der Waals surface area contributed by atoms with Crippen molar-refractivity contribution >= 4 is 17.5 Å². The van der Waals surface area contributed by atoms with Crippen LogP contribution in [0.15, 0.2) is 42.5 Å². The maximum Gasteiger partial charge on any atom is 0.573 e. The minimum atomic E-state index is -4.92. The molecule has 0 aliphatic rings. The summed E-state index contributed by atoms with van der Waals surface area (Å²) in [5.41, 5.74) is 5.70. The molecular weight excluding hydrogens is 307 g/mol. The monoisotopic (exact) mass is 315 g/mol. The van der Waals surface area contributed by atoms with Crippen molar-refractivity contribution in [3.63, 3.8) is 0 Å². The van der Waals surface area contributed by atoms with Gasteiger partial charge in [0, 0.05) is 5.02 Å². The molecule has 1 amide bonds. The maximum atomic E-state index is 12.4. The van der Waals surface area contributed by atoms with Crippen molar-refractivity contribution in [3.05, 3.63) is 53.1 Å². The highest BCUT2D eigenvalue weighted by molar-refractivity contribution is 6.30. The van der Waals surface area contributed by atoms with Crippen LogP contribution in [0.25, 0.3) is 11.1 Å². The fourth-order valence-electron chi connectivity index (χ4n) is 1.78. The van der Waals surface area contributed by atoms with Crippen LogP contribution in [0.3, 0.4) is 0 Å². The van der Waals surface area contributed by atoms with E-state index in [9.17, 15) is 18.0 Å². The van der Waals surface area contributed by atoms with E-state index in [0.717, 1.165) is 6.07 Å². The molecule has 0 unspecified atom stereocenters. The highest BCUT2D eigenvalue weighted by Crippen LogP contribution is 2.32. The lowest BCUT2D eigenvalue weighted by atomic mass is 10.0. The molecule has 21 heavy (non-hydrogen) atoms. The van der Waals surface area contributed by atoms with Crippen LogP contribution in [0.5, 0.6) is 5.75 Å². The zero-order valence-electron chi connectivity index (χ0n) is 10.4. The van der Waals surface area contributed by atoms with E-state index < -0.39 is 18.0 Å². The van der Waals surface area contributed by atoms with Gasteiger partial charge in [-0.3, -0.25) is 4.79 Å². The van der Waals surface area contributed by atoms with Gasteiger partial charge in [-0.05, 0) is 35.4 Å². The molecule has 0 saturated heterocycles. The predicted molar refractivity (Wildman–Crippen MR) is 72.1 cm³/mol. The highest BCUT2D eigenvalue weighted by atomic mass is 35.5. The van der Waals surface area contributed by atoms with Gasteiger partial charge in [-0.25, -0.2) is 0 Å². The maximum absolute atomic E-state index is 12.4. The van der Waals surface area contributed by atoms with E-state index in [1.165, 1.54) is 12.1 Å². The lowest BCUT2D eigenvalue weighted by molar-refractivity contribution is -0.274. The Morgan fingerprint density at radius 2 is 1.76 bits per heavy atom. The van der Waals surface area contributed by atoms with E-state index >= 15 is 0 Å². The van der Waals surface area contributed by atoms with E-state index in [4.69, 9.17) is 17.3 Å². The molecule has 2 aromatic carbocycles. The number of hydrogen-bond acceptors (Lipinski definition) is 2. The second kappa shape index (κ2) is 5.65. The number of ether oxygens (including phenoxy) is 1. The Labute approximate surface area is 123 Å². The summed E-state index contributed by atoms with van der Waals surface area (Å²) < 4.78 is 41.0. The van der Waals surface area contributed by atoms with Crippen LogP contribution in [0.2, 0.25) is 5.02 Å². The first kappa shape index (κ1) is 15.2. The summed E-state index contributed by atoms with van der Waals surface area (Å²) in [6, 6.07) is 10.3. The zero-order chi connectivity index (χ0) is 15.6. The smallest absolute Gasteiger partial charge is 0.405 e. The zero-order valence-corrected chi connectivity index (χ0v) is 11.2. The summed E-state index contributed by atoms with van der Waals surface area (Å²) in [7, 11) is 0. The lowest BCUT2D eigenvalue weighted by Gasteiger charge is -2.13. The van der Waals surface area contributed by atoms with Gasteiger partial charge in [0.2, 0.25) is 0 Å². The van der Waals surface area contributed by atoms with Crippen molar-refractivity contribution in [2.75, 3.05) is 0 Å². The Balaban J connectivity index is 2.51. The summed E-state index contributed by atoms with van der Waals surface area (Å²) in [4.78, 5) is 11.2. The Bertz CT molecular complexity index is 686. The number of hydrogen-bond donors (Lipinski definition) is 1. The molecule has 7 heteroatoms. The molecule has 0 aromatic heterocycles. The number of carbonyl (C=O) groups excluding carboxylic acids is 1. The Kier molecular flexibility index (Phi) is 4.09. The molecule has 110 valence electrons. The molecule has 2 rings (SSSR count). The van der Waals surface area contributed by atoms with Gasteiger partial charge in [-0.1, -0.05) is 29.8 Å². The predicted octanol–water partition coefficient (Wildman–Crippen LogP) is 4.00. The van der Waals surface area contributed by atoms with E-state index in [1.807, 2.05) is 0 Å². The van der Waals surface area contributed by atoms with E-state index in [0.29, 0.717) is 16.1 Å². The number of carbonyl (C=O) groups is 1. The average Bonchev–Trinajstić information content (AvgIpc) is 2.36. The fraction of sp³-hybridized carbons (Fsp3) is 0.0714. The molecule has 0 aliphatic carbocycles. The average molecular weight is 316 g/mol. The van der Waals surface area contributed by atoms with Gasteiger partial charge in [0.15, 0.2) is 0 Å². The largest absolute Gasteiger partial charge is 0.573 e. The quantitative estimate of drug-likeness (QED) is 0.930. The normalized spacial score (nSPS) is 11.2. The molecule has 0 bridgehead atoms. The molecule has 2 N–H and O–H groups in total. The van der Waals surface area contributed by atoms with Crippen LogP contribution >= 0.6 is 11.6 Å². The van der Waals surface area contributed by atoms with Gasteiger partial charge >= 0.3 is 6.36 Å². The molecule has 0 fully saturated rings. The summed E-state index contributed by atoms with van der Waals surface area (Å²) in [6.07, 6.45) is -4.92. The molecule has 3 nitrogen and oxygen atoms in total. The van der Waals surface area contributed by atoms with Gasteiger partial charge in [0.25, 0.3) is 5.91 Å². The minimum Gasteiger partial charge on any atom is -0.405 e. The molecule has 0 spiro atoms. The first-order valence-corrected chi connectivity index (χ1v) is 6.09. The van der Waals surface area contributed by atoms with Crippen molar-refractivity contribution in [1.82, 2.24) is 0 Å². The van der Waals surface area contributed by atoms with Gasteiger partial charge in [0.1, 0.15) is 5.75 Å². The van der Waals surface area contributed by atoms with Crippen LogP contribution in [0.4, 0.5) is 13.2 Å². The highest BCUT2D eigenvalue weighted by Gasteiger charge is 2.32. The number of amides is 1. The van der Waals surface area contributed by atoms with Gasteiger partial charge in [0.05, 0.1) is 5.56 Å². The van der Waals surface area contributed by atoms with E-state index in [2.05, 4.69) is 4.74 Å². The van der Waals surface area contributed by atoms with Crippen LogP contribution in [0, 0.1) is 0 Å². The summed E-state index contributed by atoms with van der Waals surface area (Å²) >= 11 is 5.84. The Hall–Kier alpha value is -2.21. The number of alkyl halides is 3. The van der Waals surface area contributed by atoms with Crippen LogP contribution in [-0.4, -0.2) is 12.3 Å². The minimum absolute atomic E-state index is 0.349. The van der Waals surface area contributed by atoms with Crippen LogP contribution < -0.4 is 10.5 Å². The second-order valence-electron chi connectivity index (χ2n) is 4.13. The second-order valence-corrected chi connectivity index (χ2v) is 4.57. The number of primary amides is 1. The lowest BCUT2D eigenvalue weighted by Crippen LogP contribution is -2.21. The first-order valence-electron chi connectivity index (χ1n) is 5.72. The first-order chi connectivity index (χ1) is 9.76. The number of nitrogens with two attached hydrogens (primary N) is 1. The fourth-order valence-corrected chi connectivity index (χ4v) is 1.97. The molecule has 0 aliphatic heterocycles. The molecule has 2 aromatic rings. The van der Waals surface area contributed by atoms with Gasteiger partial charge < -0.3 is 10.5 Å². The Morgan fingerprint density at radius 1 is 1.10 bits per heavy atom. The molecule has 0 radical (unpaired) electrons. The SMILES string of the molecule is NC(=O)c1ccc(-c2cccc(Cl)c2)cc1OC(F)(F)F.